The van der Waals surface area contributed by atoms with E-state index in [9.17, 15) is 44.2 Å². The molecule has 6 aliphatic heterocycles. The Morgan fingerprint density at radius 1 is 0.538 bits per heavy atom. The summed E-state index contributed by atoms with van der Waals surface area (Å²) in [5, 5.41) is 72.8. The summed E-state index contributed by atoms with van der Waals surface area (Å²) in [6, 6.07) is 19.6. The number of anilines is 5. The van der Waals surface area contributed by atoms with E-state index in [0.29, 0.717) is 114 Å². The zero-order valence-corrected chi connectivity index (χ0v) is 80.8. The number of nitrogen functional groups attached to an aromatic ring is 1. The Hall–Kier alpha value is -11.3. The van der Waals surface area contributed by atoms with Crippen LogP contribution in [0, 0.1) is 49.5 Å². The summed E-state index contributed by atoms with van der Waals surface area (Å²) in [5.41, 5.74) is 10.2. The largest absolute Gasteiger partial charge is 0.448 e. The van der Waals surface area contributed by atoms with Crippen LogP contribution in [0.2, 0.25) is 0 Å². The second-order valence-corrected chi connectivity index (χ2v) is 34.5. The number of carbonyl (C=O) groups is 5. The number of fused-ring (bicyclic) bond motifs is 6. The van der Waals surface area contributed by atoms with Gasteiger partial charge in [-0.15, -0.1) is 10.2 Å². The van der Waals surface area contributed by atoms with Crippen molar-refractivity contribution in [2.24, 2.45) is 17.8 Å². The van der Waals surface area contributed by atoms with Crippen molar-refractivity contribution >= 4 is 143 Å². The third-order valence-corrected chi connectivity index (χ3v) is 23.8. The molecule has 3 atom stereocenters. The highest BCUT2D eigenvalue weighted by molar-refractivity contribution is 7.59. The molecule has 43 heteroatoms. The van der Waals surface area contributed by atoms with E-state index in [4.69, 9.17) is 49.3 Å². The first-order chi connectivity index (χ1) is 61.6. The standard InChI is InChI=1S/C29H38N8O6.C29H40N8O4.C20H21N5O4.C10H18N2O2.CH4O.3H2S/c1-6-43-28(39)36-24-22(26(33-36)32-25-21-8-7-20(37(40)41)15-19(21)9-12-30-25)16-35(29(24,2)3)27(38)31-23(17-34(4)5)18-10-13-42-14-11-18;1-6-41-28(39)37-24-22(26(34-37)33-25-21-8-7-20(30)15-19(21)9-12-31-25)16-36(29(24,2)3)27(38)32-23(17-35(4)5)18-10-13-40-14-11-18;1-4-29-19(26)24-18-15(11-22-20(18,2)3)17(23-24)10-16-14-6-5-13(25(27)28)9-12(14)7-8-21-16;1-12(2)7-10(14-8-11)9-3-5-13-6-4-9;1-2;;;/h7-9,12,15,18,23H,6,10-11,13-14,16-17H2,1-5H3,(H,31,38)(H,30,32,33);7-9,12,15,18,23H,6,10-11,13-14,16-17,30H2,1-5H3,(H,32,38)(H,31,33,34);5-9,22H,4,10-11H2,1-3H3;9-10H,3-7H2,1-2H3;2H,1H3;3*1H2/t2*23-;;10-;;;;/m11.1..../s1. The van der Waals surface area contributed by atoms with Gasteiger partial charge in [0.25, 0.3) is 17.6 Å². The van der Waals surface area contributed by atoms with Gasteiger partial charge in [0.05, 0.1) is 87.8 Å². The molecule has 6 aromatic heterocycles. The Kier molecular flexibility index (Phi) is 38.0. The summed E-state index contributed by atoms with van der Waals surface area (Å²) >= 11 is 0. The van der Waals surface area contributed by atoms with Crippen molar-refractivity contribution in [3.8, 4) is 6.26 Å². The van der Waals surface area contributed by atoms with Crippen LogP contribution in [0.3, 0.4) is 0 Å². The minimum Gasteiger partial charge on any atom is -0.448 e. The number of hydrogen-bond donors (Lipinski definition) is 7. The van der Waals surface area contributed by atoms with Gasteiger partial charge in [-0.1, -0.05) is 0 Å². The molecule has 0 radical (unpaired) electrons. The zero-order valence-electron chi connectivity index (χ0n) is 77.8. The lowest BCUT2D eigenvalue weighted by Crippen LogP contribution is -2.54. The van der Waals surface area contributed by atoms with Gasteiger partial charge in [0.15, 0.2) is 11.6 Å². The lowest BCUT2D eigenvalue weighted by Gasteiger charge is -2.37. The third-order valence-electron chi connectivity index (χ3n) is 23.8. The Balaban J connectivity index is 0.000000225. The number of rotatable bonds is 23. The number of nitrogens with one attached hydrogen (secondary N) is 5. The number of amides is 4. The van der Waals surface area contributed by atoms with Gasteiger partial charge in [-0.05, 0) is 220 Å². The highest BCUT2D eigenvalue weighted by Gasteiger charge is 2.50. The average Bonchev–Trinajstić information content (AvgIpc) is 1.57. The van der Waals surface area contributed by atoms with Gasteiger partial charge in [-0.2, -0.15) is 64.9 Å². The number of pyridine rings is 3. The second-order valence-electron chi connectivity index (χ2n) is 34.5. The van der Waals surface area contributed by atoms with Gasteiger partial charge in [0, 0.05) is 179 Å². The summed E-state index contributed by atoms with van der Waals surface area (Å²) in [4.78, 5) is 111. The van der Waals surface area contributed by atoms with E-state index in [1.54, 1.807) is 79.7 Å². The van der Waals surface area contributed by atoms with Gasteiger partial charge >= 0.3 is 30.3 Å². The summed E-state index contributed by atoms with van der Waals surface area (Å²) < 4.78 is 41.1. The first-order valence-corrected chi connectivity index (χ1v) is 43.3. The molecule has 3 saturated heterocycles. The molecular formula is C89H127N23O17S3. The maximum Gasteiger partial charge on any atom is 0.435 e. The first-order valence-electron chi connectivity index (χ1n) is 43.3. The van der Waals surface area contributed by atoms with Crippen molar-refractivity contribution in [1.29, 1.82) is 5.26 Å². The van der Waals surface area contributed by atoms with Crippen LogP contribution in [0.4, 0.5) is 64.3 Å². The number of nitro groups is 2. The van der Waals surface area contributed by atoms with Crippen LogP contribution in [0.15, 0.2) is 91.4 Å². The zero-order chi connectivity index (χ0) is 93.3. The maximum atomic E-state index is 13.9. The van der Waals surface area contributed by atoms with E-state index >= 15 is 0 Å². The Morgan fingerprint density at radius 2 is 0.924 bits per heavy atom. The molecule has 718 valence electrons. The molecule has 40 nitrogen and oxygen atoms in total. The second kappa shape index (κ2) is 47.4. The molecule has 15 rings (SSSR count). The predicted molar refractivity (Wildman–Crippen MR) is 514 cm³/mol. The monoisotopic (exact) mass is 1890 g/mol. The average molecular weight is 1890 g/mol. The minimum atomic E-state index is -0.912. The van der Waals surface area contributed by atoms with Crippen LogP contribution in [-0.4, -0.2) is 261 Å². The first kappa shape index (κ1) is 106. The van der Waals surface area contributed by atoms with Gasteiger partial charge in [0.2, 0.25) is 0 Å². The fraction of sp³-hybridized carbons (Fsp3) is 0.528. The number of hydrogen-bond acceptors (Lipinski definition) is 31. The molecule has 0 bridgehead atoms. The van der Waals surface area contributed by atoms with Gasteiger partial charge in [-0.3, -0.25) is 25.2 Å². The number of nitrogens with two attached hydrogens (primary N) is 1. The van der Waals surface area contributed by atoms with E-state index < -0.39 is 44.7 Å². The summed E-state index contributed by atoms with van der Waals surface area (Å²) in [6.45, 7) is 25.0. The molecule has 6 aliphatic rings. The van der Waals surface area contributed by atoms with Crippen molar-refractivity contribution in [3.05, 3.63) is 157 Å². The highest BCUT2D eigenvalue weighted by atomic mass is 32.1. The molecular weight excluding hydrogens is 1760 g/mol. The number of urea groups is 2. The molecule has 132 heavy (non-hydrogen) atoms. The number of carbonyl (C=O) groups excluding carboxylic acids is 5. The van der Waals surface area contributed by atoms with Crippen LogP contribution in [0.5, 0.6) is 0 Å². The SMILES string of the molecule is CCOC(=O)n1nc(Cc2nccc3cc([N+](=O)[O-])ccc23)c2c1C(C)(C)NC2.CCOC(=O)n1nc(Nc2nccc3cc(N)ccc23)c2c1C(C)(C)N(C(=O)N[C@H](CN(C)C)C1CCOCC1)C2.CCOC(=O)n1nc(Nc2nccc3cc([N+](=O)[O-])ccc23)c2c1C(C)(C)N(C(=O)N[C@H](CN(C)C)C1CCOCC1)C2.CN(C)C[C@@H](OC#N)C1CCOCC1.CO.S.S.S. The molecule has 0 spiro atoms. The number of likely N-dealkylation sites (N-methyl/N-ethyl adjacent to an activating group) is 3. The maximum absolute atomic E-state index is 13.9. The molecule has 9 aromatic rings. The van der Waals surface area contributed by atoms with E-state index in [-0.39, 0.29) is 121 Å². The Bertz CT molecular complexity index is 5530. The van der Waals surface area contributed by atoms with Crippen molar-refractivity contribution in [2.45, 2.75) is 162 Å². The molecule has 0 aliphatic carbocycles. The molecule has 8 N–H and O–H groups in total. The number of nitriles is 1. The summed E-state index contributed by atoms with van der Waals surface area (Å²) in [7, 11) is 13.0. The highest BCUT2D eigenvalue weighted by Crippen LogP contribution is 2.46. The van der Waals surface area contributed by atoms with Gasteiger partial charge in [-0.25, -0.2) is 33.9 Å². The molecule has 12 heterocycles. The number of nitro benzene ring substituents is 2. The lowest BCUT2D eigenvalue weighted by atomic mass is 9.91. The number of ether oxygens (including phenoxy) is 7. The minimum absolute atomic E-state index is 0. The predicted octanol–water partition coefficient (Wildman–Crippen LogP) is 12.1. The van der Waals surface area contributed by atoms with E-state index in [0.717, 1.165) is 122 Å². The molecule has 0 unspecified atom stereocenters. The third kappa shape index (κ3) is 24.8. The van der Waals surface area contributed by atoms with Crippen LogP contribution < -0.4 is 32.3 Å². The van der Waals surface area contributed by atoms with Crippen LogP contribution in [-0.2, 0) is 75.8 Å². The number of non-ortho nitro benzene ring substituents is 2. The lowest BCUT2D eigenvalue weighted by molar-refractivity contribution is -0.384. The van der Waals surface area contributed by atoms with E-state index in [2.05, 4.69) is 71.5 Å². The topological polar surface area (TPSA) is 475 Å². The van der Waals surface area contributed by atoms with Gasteiger partial charge < -0.3 is 95.1 Å². The summed E-state index contributed by atoms with van der Waals surface area (Å²) in [6.07, 6.45) is 10.9. The number of aliphatic hydroxyl groups is 1. The number of nitrogens with zero attached hydrogens (tertiary/aromatic N) is 17. The number of aromatic nitrogens is 9. The normalized spacial score (nSPS) is 16.4. The van der Waals surface area contributed by atoms with Crippen LogP contribution in [0.1, 0.15) is 146 Å². The van der Waals surface area contributed by atoms with Crippen molar-refractivity contribution in [1.82, 2.24) is 84.7 Å². The van der Waals surface area contributed by atoms with Crippen molar-refractivity contribution in [2.75, 3.05) is 145 Å². The van der Waals surface area contributed by atoms with E-state index in [1.165, 1.54) is 38.3 Å². The van der Waals surface area contributed by atoms with E-state index in [1.807, 2.05) is 108 Å². The van der Waals surface area contributed by atoms with Crippen LogP contribution in [0.25, 0.3) is 32.3 Å². The van der Waals surface area contributed by atoms with Gasteiger partial charge in [0.1, 0.15) is 17.7 Å². The molecule has 3 fully saturated rings. The molecule has 4 amide bonds. The number of aliphatic hydroxyl groups excluding tert-OH is 1. The fourth-order valence-corrected chi connectivity index (χ4v) is 17.5. The van der Waals surface area contributed by atoms with Crippen LogP contribution >= 0.6 is 40.5 Å². The quantitative estimate of drug-likeness (QED) is 0.0103. The van der Waals surface area contributed by atoms with Crippen molar-refractivity contribution < 1.29 is 72.1 Å². The molecule has 0 saturated carbocycles. The fourth-order valence-electron chi connectivity index (χ4n) is 17.5. The Labute approximate surface area is 788 Å². The Morgan fingerprint density at radius 3 is 1.33 bits per heavy atom. The van der Waals surface area contributed by atoms with Crippen molar-refractivity contribution in [3.63, 3.8) is 0 Å². The number of benzene rings is 3. The molecule has 3 aromatic carbocycles. The smallest absolute Gasteiger partial charge is 0.435 e. The summed E-state index contributed by atoms with van der Waals surface area (Å²) in [5.74, 6) is 2.85.